The lowest BCUT2D eigenvalue weighted by Crippen LogP contribution is -2.03. The molecule has 25 heavy (non-hydrogen) atoms. The third-order valence-corrected chi connectivity index (χ3v) is 4.49. The maximum absolute atomic E-state index is 4.76. The minimum Gasteiger partial charge on any atom is -0.253 e. The van der Waals surface area contributed by atoms with Gasteiger partial charge in [0.15, 0.2) is 5.65 Å². The second-order valence-electron chi connectivity index (χ2n) is 6.31. The van der Waals surface area contributed by atoms with Crippen LogP contribution in [0.5, 0.6) is 0 Å². The standard InChI is InChI=1S/C20H19N5/c1-3-14-9-19-20(23-11-14)24-12-16(25-19)8-13(2)15-4-5-17-18(10-15)22-7-6-21-17/h4-7,9-13H,3,8H2,1-2H3. The summed E-state index contributed by atoms with van der Waals surface area (Å²) in [5, 5.41) is 0. The molecule has 4 rings (SSSR count). The van der Waals surface area contributed by atoms with Crippen molar-refractivity contribution in [2.45, 2.75) is 32.6 Å². The van der Waals surface area contributed by atoms with Crippen LogP contribution in [0.15, 0.2) is 49.1 Å². The van der Waals surface area contributed by atoms with Crippen LogP contribution in [-0.2, 0) is 12.8 Å². The first-order chi connectivity index (χ1) is 12.2. The number of aryl methyl sites for hydroxylation is 1. The lowest BCUT2D eigenvalue weighted by molar-refractivity contribution is 0.741. The molecule has 0 bridgehead atoms. The molecular formula is C20H19N5. The summed E-state index contributed by atoms with van der Waals surface area (Å²) in [5.41, 5.74) is 6.81. The van der Waals surface area contributed by atoms with Gasteiger partial charge >= 0.3 is 0 Å². The molecule has 1 atom stereocenters. The zero-order valence-corrected chi connectivity index (χ0v) is 14.3. The van der Waals surface area contributed by atoms with Crippen molar-refractivity contribution in [1.29, 1.82) is 0 Å². The zero-order valence-electron chi connectivity index (χ0n) is 14.3. The highest BCUT2D eigenvalue weighted by atomic mass is 14.9. The quantitative estimate of drug-likeness (QED) is 0.568. The van der Waals surface area contributed by atoms with Crippen molar-refractivity contribution >= 4 is 22.2 Å². The van der Waals surface area contributed by atoms with Crippen LogP contribution in [0, 0.1) is 0 Å². The van der Waals surface area contributed by atoms with Gasteiger partial charge in [-0.05, 0) is 48.1 Å². The molecule has 0 aliphatic heterocycles. The van der Waals surface area contributed by atoms with Gasteiger partial charge in [-0.15, -0.1) is 0 Å². The molecule has 5 heteroatoms. The maximum Gasteiger partial charge on any atom is 0.178 e. The minimum atomic E-state index is 0.320. The van der Waals surface area contributed by atoms with Crippen molar-refractivity contribution < 1.29 is 0 Å². The molecule has 1 unspecified atom stereocenters. The summed E-state index contributed by atoms with van der Waals surface area (Å²) in [4.78, 5) is 22.3. The number of benzene rings is 1. The van der Waals surface area contributed by atoms with Crippen LogP contribution >= 0.6 is 0 Å². The molecule has 3 aromatic heterocycles. The van der Waals surface area contributed by atoms with Gasteiger partial charge in [0.1, 0.15) is 5.52 Å². The molecule has 0 fully saturated rings. The highest BCUT2D eigenvalue weighted by Crippen LogP contribution is 2.23. The number of fused-ring (bicyclic) bond motifs is 2. The van der Waals surface area contributed by atoms with E-state index in [4.69, 9.17) is 4.98 Å². The third kappa shape index (κ3) is 3.18. The zero-order chi connectivity index (χ0) is 17.2. The van der Waals surface area contributed by atoms with Gasteiger partial charge in [0, 0.05) is 18.6 Å². The van der Waals surface area contributed by atoms with E-state index in [2.05, 4.69) is 52.0 Å². The van der Waals surface area contributed by atoms with E-state index < -0.39 is 0 Å². The van der Waals surface area contributed by atoms with Crippen LogP contribution in [0.2, 0.25) is 0 Å². The Morgan fingerprint density at radius 3 is 2.52 bits per heavy atom. The summed E-state index contributed by atoms with van der Waals surface area (Å²) >= 11 is 0. The number of hydrogen-bond donors (Lipinski definition) is 0. The van der Waals surface area contributed by atoms with Gasteiger partial charge in [0.05, 0.1) is 22.9 Å². The van der Waals surface area contributed by atoms with Gasteiger partial charge in [0.2, 0.25) is 0 Å². The van der Waals surface area contributed by atoms with Crippen molar-refractivity contribution in [3.8, 4) is 0 Å². The fourth-order valence-electron chi connectivity index (χ4n) is 3.00. The Labute approximate surface area is 146 Å². The average Bonchev–Trinajstić information content (AvgIpc) is 2.67. The summed E-state index contributed by atoms with van der Waals surface area (Å²) in [6.07, 6.45) is 8.92. The predicted molar refractivity (Wildman–Crippen MR) is 98.4 cm³/mol. The SMILES string of the molecule is CCc1cnc2ncc(CC(C)c3ccc4nccnc4c3)nc2c1. The average molecular weight is 329 g/mol. The predicted octanol–water partition coefficient (Wildman–Crippen LogP) is 3.88. The number of nitrogens with zero attached hydrogens (tertiary/aromatic N) is 5. The summed E-state index contributed by atoms with van der Waals surface area (Å²) in [5.74, 6) is 0.320. The maximum atomic E-state index is 4.76. The molecule has 0 amide bonds. The molecule has 0 aliphatic carbocycles. The molecule has 4 aromatic rings. The smallest absolute Gasteiger partial charge is 0.178 e. The van der Waals surface area contributed by atoms with E-state index >= 15 is 0 Å². The van der Waals surface area contributed by atoms with Crippen LogP contribution in [-0.4, -0.2) is 24.9 Å². The van der Waals surface area contributed by atoms with Gasteiger partial charge in [0.25, 0.3) is 0 Å². The van der Waals surface area contributed by atoms with Crippen LogP contribution in [0.25, 0.3) is 22.2 Å². The third-order valence-electron chi connectivity index (χ3n) is 4.49. The largest absolute Gasteiger partial charge is 0.253 e. The van der Waals surface area contributed by atoms with E-state index in [0.29, 0.717) is 11.6 Å². The molecule has 0 radical (unpaired) electrons. The van der Waals surface area contributed by atoms with Crippen LogP contribution in [0.3, 0.4) is 0 Å². The molecule has 0 N–H and O–H groups in total. The van der Waals surface area contributed by atoms with Gasteiger partial charge in [-0.3, -0.25) is 9.97 Å². The molecule has 0 aliphatic rings. The van der Waals surface area contributed by atoms with E-state index in [9.17, 15) is 0 Å². The first-order valence-electron chi connectivity index (χ1n) is 8.54. The van der Waals surface area contributed by atoms with E-state index in [1.165, 1.54) is 11.1 Å². The van der Waals surface area contributed by atoms with Crippen molar-refractivity contribution in [2.75, 3.05) is 0 Å². The Morgan fingerprint density at radius 1 is 0.880 bits per heavy atom. The highest BCUT2D eigenvalue weighted by molar-refractivity contribution is 5.74. The second kappa shape index (κ2) is 6.51. The Morgan fingerprint density at radius 2 is 1.68 bits per heavy atom. The number of pyridine rings is 1. The summed E-state index contributed by atoms with van der Waals surface area (Å²) in [6.45, 7) is 4.31. The Kier molecular flexibility index (Phi) is 4.06. The molecule has 1 aromatic carbocycles. The van der Waals surface area contributed by atoms with E-state index in [1.54, 1.807) is 12.4 Å². The normalized spacial score (nSPS) is 12.6. The van der Waals surface area contributed by atoms with Crippen molar-refractivity contribution in [3.63, 3.8) is 0 Å². The molecule has 0 spiro atoms. The van der Waals surface area contributed by atoms with Crippen LogP contribution in [0.4, 0.5) is 0 Å². The Hall–Kier alpha value is -2.95. The van der Waals surface area contributed by atoms with Crippen molar-refractivity contribution in [2.24, 2.45) is 0 Å². The number of rotatable bonds is 4. The number of hydrogen-bond acceptors (Lipinski definition) is 5. The first-order valence-corrected chi connectivity index (χ1v) is 8.54. The first kappa shape index (κ1) is 15.6. The summed E-state index contributed by atoms with van der Waals surface area (Å²) in [6, 6.07) is 8.33. The fourth-order valence-corrected chi connectivity index (χ4v) is 3.00. The molecule has 124 valence electrons. The Balaban J connectivity index is 1.62. The molecule has 5 nitrogen and oxygen atoms in total. The summed E-state index contributed by atoms with van der Waals surface area (Å²) in [7, 11) is 0. The highest BCUT2D eigenvalue weighted by Gasteiger charge is 2.11. The lowest BCUT2D eigenvalue weighted by atomic mass is 9.96. The van der Waals surface area contributed by atoms with E-state index in [0.717, 1.165) is 35.1 Å². The topological polar surface area (TPSA) is 64.5 Å². The van der Waals surface area contributed by atoms with Crippen LogP contribution < -0.4 is 0 Å². The van der Waals surface area contributed by atoms with E-state index in [1.807, 2.05) is 18.5 Å². The fraction of sp³-hybridized carbons (Fsp3) is 0.250. The van der Waals surface area contributed by atoms with Crippen molar-refractivity contribution in [3.05, 3.63) is 65.9 Å². The molecular weight excluding hydrogens is 310 g/mol. The minimum absolute atomic E-state index is 0.320. The molecule has 0 saturated carbocycles. The van der Waals surface area contributed by atoms with Gasteiger partial charge < -0.3 is 0 Å². The lowest BCUT2D eigenvalue weighted by Gasteiger charge is -2.12. The van der Waals surface area contributed by atoms with Crippen molar-refractivity contribution in [1.82, 2.24) is 24.9 Å². The monoisotopic (exact) mass is 329 g/mol. The second-order valence-corrected chi connectivity index (χ2v) is 6.31. The molecule has 3 heterocycles. The van der Waals surface area contributed by atoms with Gasteiger partial charge in [-0.25, -0.2) is 15.0 Å². The van der Waals surface area contributed by atoms with Gasteiger partial charge in [-0.2, -0.15) is 0 Å². The van der Waals surface area contributed by atoms with Gasteiger partial charge in [-0.1, -0.05) is 19.9 Å². The van der Waals surface area contributed by atoms with E-state index in [-0.39, 0.29) is 0 Å². The number of aromatic nitrogens is 5. The summed E-state index contributed by atoms with van der Waals surface area (Å²) < 4.78 is 0. The molecule has 0 saturated heterocycles. The van der Waals surface area contributed by atoms with Crippen LogP contribution in [0.1, 0.15) is 36.6 Å². The Bertz CT molecular complexity index is 1040.